The molecule has 0 aliphatic heterocycles. The molecule has 1 aromatic heterocycles. The van der Waals surface area contributed by atoms with E-state index >= 15 is 0 Å². The van der Waals surface area contributed by atoms with E-state index < -0.39 is 0 Å². The van der Waals surface area contributed by atoms with Gasteiger partial charge in [-0.25, -0.2) is 4.98 Å². The molecule has 0 saturated carbocycles. The minimum absolute atomic E-state index is 1.01. The van der Waals surface area contributed by atoms with E-state index in [1.165, 1.54) is 10.6 Å². The zero-order valence-corrected chi connectivity index (χ0v) is 10.4. The second kappa shape index (κ2) is 5.55. The Morgan fingerprint density at radius 2 is 2.46 bits per heavy atom. The average Bonchev–Trinajstić information content (AvgIpc) is 2.48. The first-order valence-electron chi connectivity index (χ1n) is 4.35. The zero-order valence-electron chi connectivity index (χ0n) is 8.01. The molecule has 0 spiro atoms. The van der Waals surface area contributed by atoms with Crippen molar-refractivity contribution >= 4 is 27.3 Å². The van der Waals surface area contributed by atoms with Crippen LogP contribution in [0, 0.1) is 6.92 Å². The van der Waals surface area contributed by atoms with Crippen LogP contribution >= 0.6 is 27.3 Å². The highest BCUT2D eigenvalue weighted by Gasteiger charge is 1.98. The maximum atomic E-state index is 4.42. The number of aromatic nitrogens is 1. The number of thiazole rings is 1. The third-order valence-electron chi connectivity index (χ3n) is 1.70. The van der Waals surface area contributed by atoms with Gasteiger partial charge < -0.3 is 0 Å². The Bertz CT molecular complexity index is 291. The Morgan fingerprint density at radius 1 is 1.69 bits per heavy atom. The fourth-order valence-electron chi connectivity index (χ4n) is 1.10. The number of aryl methyl sites for hydroxylation is 1. The summed E-state index contributed by atoms with van der Waals surface area (Å²) in [7, 11) is 0. The van der Waals surface area contributed by atoms with E-state index in [0.717, 1.165) is 23.9 Å². The average molecular weight is 260 g/mol. The van der Waals surface area contributed by atoms with Crippen LogP contribution in [0.25, 0.3) is 0 Å². The summed E-state index contributed by atoms with van der Waals surface area (Å²) in [6, 6.07) is 0. The molecule has 0 amide bonds. The summed E-state index contributed by atoms with van der Waals surface area (Å²) in [5.74, 6) is 0. The van der Waals surface area contributed by atoms with Crippen LogP contribution in [0.15, 0.2) is 17.0 Å². The van der Waals surface area contributed by atoms with Crippen molar-refractivity contribution in [1.29, 1.82) is 0 Å². The van der Waals surface area contributed by atoms with Crippen LogP contribution in [0.4, 0.5) is 0 Å². The van der Waals surface area contributed by atoms with E-state index in [1.807, 2.05) is 6.92 Å². The van der Waals surface area contributed by atoms with Crippen molar-refractivity contribution in [2.45, 2.75) is 26.7 Å². The van der Waals surface area contributed by atoms with Gasteiger partial charge in [-0.15, -0.1) is 11.3 Å². The Morgan fingerprint density at radius 3 is 3.00 bits per heavy atom. The van der Waals surface area contributed by atoms with E-state index in [2.05, 4.69) is 39.3 Å². The summed E-state index contributed by atoms with van der Waals surface area (Å²) in [5.41, 5.74) is 2.54. The lowest BCUT2D eigenvalue weighted by Crippen LogP contribution is -1.86. The van der Waals surface area contributed by atoms with Crippen molar-refractivity contribution in [3.8, 4) is 0 Å². The third-order valence-corrected chi connectivity index (χ3v) is 3.12. The first kappa shape index (κ1) is 10.9. The predicted octanol–water partition coefficient (Wildman–Crippen LogP) is 3.73. The molecule has 0 radical (unpaired) electrons. The number of hydrogen-bond acceptors (Lipinski definition) is 2. The van der Waals surface area contributed by atoms with E-state index in [9.17, 15) is 0 Å². The van der Waals surface area contributed by atoms with E-state index in [4.69, 9.17) is 0 Å². The molecule has 0 aliphatic carbocycles. The Hall–Kier alpha value is -0.150. The zero-order chi connectivity index (χ0) is 9.68. The molecule has 1 nitrogen and oxygen atoms in total. The second-order valence-corrected chi connectivity index (χ2v) is 4.82. The summed E-state index contributed by atoms with van der Waals surface area (Å²) in [5, 5.41) is 4.37. The smallest absolute Gasteiger partial charge is 0.0968 e. The fourth-order valence-corrected chi connectivity index (χ4v) is 2.19. The van der Waals surface area contributed by atoms with Gasteiger partial charge in [0, 0.05) is 22.8 Å². The van der Waals surface area contributed by atoms with Gasteiger partial charge >= 0.3 is 0 Å². The summed E-state index contributed by atoms with van der Waals surface area (Å²) in [6.45, 7) is 4.21. The number of allylic oxidation sites excluding steroid dienone is 2. The molecule has 0 bridgehead atoms. The Labute approximate surface area is 92.0 Å². The van der Waals surface area contributed by atoms with Crippen LogP contribution in [0.5, 0.6) is 0 Å². The van der Waals surface area contributed by atoms with Crippen LogP contribution in [0.2, 0.25) is 0 Å². The SMILES string of the molecule is CC(=CCCBr)Cc1nc(C)cs1. The molecule has 3 heteroatoms. The van der Waals surface area contributed by atoms with Crippen molar-refractivity contribution in [3.63, 3.8) is 0 Å². The molecule has 0 aliphatic rings. The predicted molar refractivity (Wildman–Crippen MR) is 62.7 cm³/mol. The van der Waals surface area contributed by atoms with Crippen LogP contribution < -0.4 is 0 Å². The van der Waals surface area contributed by atoms with Crippen molar-refractivity contribution in [1.82, 2.24) is 4.98 Å². The van der Waals surface area contributed by atoms with Gasteiger partial charge in [-0.1, -0.05) is 27.6 Å². The van der Waals surface area contributed by atoms with Gasteiger partial charge in [0.25, 0.3) is 0 Å². The molecule has 0 aromatic carbocycles. The summed E-state index contributed by atoms with van der Waals surface area (Å²) in [4.78, 5) is 4.42. The van der Waals surface area contributed by atoms with Gasteiger partial charge in [-0.3, -0.25) is 0 Å². The van der Waals surface area contributed by atoms with Gasteiger partial charge in [-0.05, 0) is 20.3 Å². The molecule has 0 atom stereocenters. The van der Waals surface area contributed by atoms with Crippen molar-refractivity contribution in [3.05, 3.63) is 27.7 Å². The number of hydrogen-bond donors (Lipinski definition) is 0. The van der Waals surface area contributed by atoms with Gasteiger partial charge in [0.2, 0.25) is 0 Å². The Kier molecular flexibility index (Phi) is 4.67. The number of nitrogens with zero attached hydrogens (tertiary/aromatic N) is 1. The van der Waals surface area contributed by atoms with Crippen LogP contribution in [0.3, 0.4) is 0 Å². The van der Waals surface area contributed by atoms with Gasteiger partial charge in [0.1, 0.15) is 0 Å². The molecular weight excluding hydrogens is 246 g/mol. The summed E-state index contributed by atoms with van der Waals surface area (Å²) < 4.78 is 0. The van der Waals surface area contributed by atoms with Crippen molar-refractivity contribution in [2.75, 3.05) is 5.33 Å². The maximum Gasteiger partial charge on any atom is 0.0968 e. The highest BCUT2D eigenvalue weighted by atomic mass is 79.9. The molecule has 1 heterocycles. The summed E-state index contributed by atoms with van der Waals surface area (Å²) >= 11 is 5.16. The van der Waals surface area contributed by atoms with Crippen LogP contribution in [-0.2, 0) is 6.42 Å². The largest absolute Gasteiger partial charge is 0.246 e. The highest BCUT2D eigenvalue weighted by molar-refractivity contribution is 9.09. The third kappa shape index (κ3) is 4.05. The topological polar surface area (TPSA) is 12.9 Å². The van der Waals surface area contributed by atoms with Crippen molar-refractivity contribution in [2.24, 2.45) is 0 Å². The number of halogens is 1. The van der Waals surface area contributed by atoms with E-state index in [-0.39, 0.29) is 0 Å². The van der Waals surface area contributed by atoms with Gasteiger partial charge in [0.05, 0.1) is 5.01 Å². The quantitative estimate of drug-likeness (QED) is 0.593. The monoisotopic (exact) mass is 259 g/mol. The molecule has 0 N–H and O–H groups in total. The summed E-state index contributed by atoms with van der Waals surface area (Å²) in [6.07, 6.45) is 4.38. The molecule has 0 saturated heterocycles. The van der Waals surface area contributed by atoms with E-state index in [0.29, 0.717) is 0 Å². The van der Waals surface area contributed by atoms with Gasteiger partial charge in [0.15, 0.2) is 0 Å². The van der Waals surface area contributed by atoms with Crippen LogP contribution in [-0.4, -0.2) is 10.3 Å². The minimum atomic E-state index is 1.01. The highest BCUT2D eigenvalue weighted by Crippen LogP contribution is 2.13. The van der Waals surface area contributed by atoms with Crippen molar-refractivity contribution < 1.29 is 0 Å². The Balaban J connectivity index is 2.49. The number of alkyl halides is 1. The molecule has 13 heavy (non-hydrogen) atoms. The van der Waals surface area contributed by atoms with Crippen LogP contribution in [0.1, 0.15) is 24.0 Å². The van der Waals surface area contributed by atoms with Gasteiger partial charge in [-0.2, -0.15) is 0 Å². The minimum Gasteiger partial charge on any atom is -0.246 e. The fraction of sp³-hybridized carbons (Fsp3) is 0.500. The molecule has 1 aromatic rings. The second-order valence-electron chi connectivity index (χ2n) is 3.09. The maximum absolute atomic E-state index is 4.42. The molecule has 0 unspecified atom stereocenters. The lowest BCUT2D eigenvalue weighted by Gasteiger charge is -1.96. The lowest BCUT2D eigenvalue weighted by atomic mass is 10.2. The van der Waals surface area contributed by atoms with E-state index in [1.54, 1.807) is 11.3 Å². The standard InChI is InChI=1S/C10H14BrNS/c1-8(4-3-5-11)6-10-12-9(2)7-13-10/h4,7H,3,5-6H2,1-2H3. The molecule has 1 rings (SSSR count). The molecule has 72 valence electrons. The molecular formula is C10H14BrNS. The first-order valence-corrected chi connectivity index (χ1v) is 6.35. The lowest BCUT2D eigenvalue weighted by molar-refractivity contribution is 1.05. The first-order chi connectivity index (χ1) is 6.22. The normalized spacial score (nSPS) is 12.1. The number of rotatable bonds is 4. The molecule has 0 fully saturated rings.